The third kappa shape index (κ3) is 3.75. The summed E-state index contributed by atoms with van der Waals surface area (Å²) >= 11 is 0. The maximum Gasteiger partial charge on any atom is 0.0596 e. The van der Waals surface area contributed by atoms with Crippen LogP contribution in [0.3, 0.4) is 0 Å². The molecule has 0 amide bonds. The summed E-state index contributed by atoms with van der Waals surface area (Å²) in [6, 6.07) is 10.3. The van der Waals surface area contributed by atoms with Crippen LogP contribution in [0.1, 0.15) is 11.5 Å². The van der Waals surface area contributed by atoms with E-state index in [9.17, 15) is 0 Å². The lowest BCUT2D eigenvalue weighted by molar-refractivity contribution is 0.348. The third-order valence-electron chi connectivity index (χ3n) is 2.45. The molecule has 0 heterocycles. The van der Waals surface area contributed by atoms with Crippen molar-refractivity contribution in [2.45, 2.75) is 5.92 Å². The fourth-order valence-electron chi connectivity index (χ4n) is 1.64. The Balaban J connectivity index is 2.61. The Kier molecular flexibility index (Phi) is 4.89. The number of rotatable bonds is 5. The van der Waals surface area contributed by atoms with Crippen LogP contribution in [0, 0.1) is 12.3 Å². The van der Waals surface area contributed by atoms with Crippen LogP contribution >= 0.6 is 0 Å². The van der Waals surface area contributed by atoms with E-state index in [1.807, 2.05) is 25.2 Å². The molecule has 1 unspecified atom stereocenters. The predicted molar refractivity (Wildman–Crippen MR) is 64.6 cm³/mol. The lowest BCUT2D eigenvalue weighted by Crippen LogP contribution is -2.29. The number of benzene rings is 1. The second kappa shape index (κ2) is 6.23. The van der Waals surface area contributed by atoms with Gasteiger partial charge in [-0.3, -0.25) is 4.90 Å². The summed E-state index contributed by atoms with van der Waals surface area (Å²) in [7, 11) is 2.02. The first kappa shape index (κ1) is 11.8. The van der Waals surface area contributed by atoms with Crippen LogP contribution in [0.4, 0.5) is 0 Å². The molecule has 80 valence electrons. The minimum Gasteiger partial charge on any atom is -0.330 e. The molecule has 0 saturated heterocycles. The summed E-state index contributed by atoms with van der Waals surface area (Å²) in [4.78, 5) is 2.12. The van der Waals surface area contributed by atoms with Crippen molar-refractivity contribution in [1.82, 2.24) is 4.90 Å². The van der Waals surface area contributed by atoms with Gasteiger partial charge in [-0.25, -0.2) is 0 Å². The highest BCUT2D eigenvalue weighted by atomic mass is 15.1. The van der Waals surface area contributed by atoms with E-state index in [-0.39, 0.29) is 0 Å². The van der Waals surface area contributed by atoms with Crippen molar-refractivity contribution in [3.05, 3.63) is 35.9 Å². The van der Waals surface area contributed by atoms with E-state index in [4.69, 9.17) is 12.2 Å². The number of nitrogens with two attached hydrogens (primary N) is 1. The van der Waals surface area contributed by atoms with E-state index < -0.39 is 0 Å². The highest BCUT2D eigenvalue weighted by Gasteiger charge is 2.11. The molecular formula is C13H18N2. The lowest BCUT2D eigenvalue weighted by Gasteiger charge is -2.21. The summed E-state index contributed by atoms with van der Waals surface area (Å²) < 4.78 is 0. The summed E-state index contributed by atoms with van der Waals surface area (Å²) in [6.45, 7) is 2.23. The van der Waals surface area contributed by atoms with Gasteiger partial charge in [-0.05, 0) is 12.6 Å². The molecule has 0 aromatic heterocycles. The Morgan fingerprint density at radius 3 is 2.60 bits per heavy atom. The molecule has 1 atom stereocenters. The molecule has 0 fully saturated rings. The molecule has 0 aliphatic heterocycles. The number of hydrogen-bond donors (Lipinski definition) is 1. The maximum atomic E-state index is 5.77. The molecule has 0 spiro atoms. The molecule has 2 N–H and O–H groups in total. The van der Waals surface area contributed by atoms with E-state index in [0.29, 0.717) is 19.0 Å². The molecule has 1 aromatic carbocycles. The predicted octanol–water partition coefficient (Wildman–Crippen LogP) is 1.29. The van der Waals surface area contributed by atoms with Crippen LogP contribution in [0.2, 0.25) is 0 Å². The third-order valence-corrected chi connectivity index (χ3v) is 2.45. The monoisotopic (exact) mass is 202 g/mol. The Morgan fingerprint density at radius 2 is 2.07 bits per heavy atom. The largest absolute Gasteiger partial charge is 0.330 e. The van der Waals surface area contributed by atoms with Crippen molar-refractivity contribution >= 4 is 0 Å². The summed E-state index contributed by atoms with van der Waals surface area (Å²) in [5, 5.41) is 0. The normalized spacial score (nSPS) is 12.4. The van der Waals surface area contributed by atoms with Gasteiger partial charge in [0, 0.05) is 19.0 Å². The van der Waals surface area contributed by atoms with Crippen molar-refractivity contribution in [1.29, 1.82) is 0 Å². The molecule has 1 aromatic rings. The van der Waals surface area contributed by atoms with Crippen molar-refractivity contribution in [3.8, 4) is 12.3 Å². The number of likely N-dealkylation sites (N-methyl/N-ethyl adjacent to an activating group) is 1. The van der Waals surface area contributed by atoms with Gasteiger partial charge in [0.1, 0.15) is 0 Å². The van der Waals surface area contributed by atoms with Crippen molar-refractivity contribution < 1.29 is 0 Å². The maximum absolute atomic E-state index is 5.77. The van der Waals surface area contributed by atoms with Crippen LogP contribution in [0.5, 0.6) is 0 Å². The van der Waals surface area contributed by atoms with Gasteiger partial charge in [-0.2, -0.15) is 0 Å². The van der Waals surface area contributed by atoms with Crippen molar-refractivity contribution in [2.24, 2.45) is 5.73 Å². The quantitative estimate of drug-likeness (QED) is 0.729. The minimum atomic E-state index is 0.365. The Bertz CT molecular complexity index is 313. The molecule has 0 aliphatic rings. The summed E-state index contributed by atoms with van der Waals surface area (Å²) in [5.74, 6) is 3.00. The van der Waals surface area contributed by atoms with Gasteiger partial charge in [0.25, 0.3) is 0 Å². The van der Waals surface area contributed by atoms with Gasteiger partial charge in [0.05, 0.1) is 6.54 Å². The molecule has 2 heteroatoms. The standard InChI is InChI=1S/C13H18N2/c1-3-9-15(2)11-13(10-14)12-7-5-4-6-8-12/h1,4-8,13H,9-11,14H2,2H3. The second-order valence-corrected chi connectivity index (χ2v) is 3.74. The smallest absolute Gasteiger partial charge is 0.0596 e. The molecule has 0 aliphatic carbocycles. The van der Waals surface area contributed by atoms with Crippen LogP contribution < -0.4 is 5.73 Å². The molecule has 1 rings (SSSR count). The topological polar surface area (TPSA) is 29.3 Å². The second-order valence-electron chi connectivity index (χ2n) is 3.74. The van der Waals surface area contributed by atoms with E-state index >= 15 is 0 Å². The number of hydrogen-bond acceptors (Lipinski definition) is 2. The van der Waals surface area contributed by atoms with Gasteiger partial charge in [0.2, 0.25) is 0 Å². The summed E-state index contributed by atoms with van der Waals surface area (Å²) in [6.07, 6.45) is 5.26. The fraction of sp³-hybridized carbons (Fsp3) is 0.385. The summed E-state index contributed by atoms with van der Waals surface area (Å²) in [5.41, 5.74) is 7.05. The molecule has 2 nitrogen and oxygen atoms in total. The highest BCUT2D eigenvalue weighted by Crippen LogP contribution is 2.14. The van der Waals surface area contributed by atoms with E-state index in [2.05, 4.69) is 23.0 Å². The van der Waals surface area contributed by atoms with Crippen molar-refractivity contribution in [2.75, 3.05) is 26.7 Å². The zero-order chi connectivity index (χ0) is 11.1. The first-order valence-electron chi connectivity index (χ1n) is 5.15. The molecule has 15 heavy (non-hydrogen) atoms. The van der Waals surface area contributed by atoms with Crippen LogP contribution in [0.25, 0.3) is 0 Å². The average Bonchev–Trinajstić information content (AvgIpc) is 2.27. The average molecular weight is 202 g/mol. The zero-order valence-electron chi connectivity index (χ0n) is 9.19. The van der Waals surface area contributed by atoms with Crippen molar-refractivity contribution in [3.63, 3.8) is 0 Å². The molecule has 0 bridgehead atoms. The first-order valence-corrected chi connectivity index (χ1v) is 5.15. The van der Waals surface area contributed by atoms with Crippen LogP contribution in [-0.2, 0) is 0 Å². The number of nitrogens with zero attached hydrogens (tertiary/aromatic N) is 1. The minimum absolute atomic E-state index is 0.365. The molecular weight excluding hydrogens is 184 g/mol. The van der Waals surface area contributed by atoms with Gasteiger partial charge in [-0.1, -0.05) is 36.3 Å². The Morgan fingerprint density at radius 1 is 1.40 bits per heavy atom. The Labute approximate surface area is 92.1 Å². The molecule has 0 saturated carbocycles. The van der Waals surface area contributed by atoms with E-state index in [0.717, 1.165) is 6.54 Å². The van der Waals surface area contributed by atoms with Crippen LogP contribution in [0.15, 0.2) is 30.3 Å². The van der Waals surface area contributed by atoms with Gasteiger partial charge in [0.15, 0.2) is 0 Å². The van der Waals surface area contributed by atoms with Crippen LogP contribution in [-0.4, -0.2) is 31.6 Å². The van der Waals surface area contributed by atoms with Gasteiger partial charge in [-0.15, -0.1) is 6.42 Å². The van der Waals surface area contributed by atoms with Gasteiger partial charge >= 0.3 is 0 Å². The zero-order valence-corrected chi connectivity index (χ0v) is 9.19. The van der Waals surface area contributed by atoms with E-state index in [1.54, 1.807) is 0 Å². The first-order chi connectivity index (χ1) is 7.27. The van der Waals surface area contributed by atoms with Gasteiger partial charge < -0.3 is 5.73 Å². The van der Waals surface area contributed by atoms with E-state index in [1.165, 1.54) is 5.56 Å². The fourth-order valence-corrected chi connectivity index (χ4v) is 1.64. The number of terminal acetylenes is 1. The molecule has 0 radical (unpaired) electrons. The SMILES string of the molecule is C#CCN(C)CC(CN)c1ccccc1. The highest BCUT2D eigenvalue weighted by molar-refractivity contribution is 5.20. The lowest BCUT2D eigenvalue weighted by atomic mass is 9.99. The Hall–Kier alpha value is -1.30.